The molecule has 0 fully saturated rings. The van der Waals surface area contributed by atoms with E-state index in [4.69, 9.17) is 16.0 Å². The van der Waals surface area contributed by atoms with E-state index in [1.807, 2.05) is 13.0 Å². The van der Waals surface area contributed by atoms with Gasteiger partial charge < -0.3 is 9.73 Å². The zero-order valence-corrected chi connectivity index (χ0v) is 11.1. The SMILES string of the molecule is Cc1cc2c(C)c(Cl)c(=O)oc2c2c1NCCC2. The Morgan fingerprint density at radius 1 is 1.39 bits per heavy atom. The van der Waals surface area contributed by atoms with Crippen molar-refractivity contribution < 1.29 is 4.42 Å². The Balaban J connectivity index is 2.49. The third-order valence-corrected chi connectivity index (χ3v) is 4.03. The molecule has 1 aromatic heterocycles. The zero-order valence-electron chi connectivity index (χ0n) is 10.4. The lowest BCUT2D eigenvalue weighted by molar-refractivity contribution is 0.554. The summed E-state index contributed by atoms with van der Waals surface area (Å²) in [7, 11) is 0. The highest BCUT2D eigenvalue weighted by Gasteiger charge is 2.19. The maximum Gasteiger partial charge on any atom is 0.355 e. The van der Waals surface area contributed by atoms with Crippen LogP contribution in [0.5, 0.6) is 0 Å². The molecule has 1 aliphatic rings. The molecule has 0 bridgehead atoms. The lowest BCUT2D eigenvalue weighted by Crippen LogP contribution is -2.14. The first-order valence-electron chi connectivity index (χ1n) is 6.09. The quantitative estimate of drug-likeness (QED) is 0.741. The van der Waals surface area contributed by atoms with Gasteiger partial charge in [-0.1, -0.05) is 11.6 Å². The van der Waals surface area contributed by atoms with Gasteiger partial charge in [0.1, 0.15) is 10.6 Å². The molecule has 0 amide bonds. The average molecular weight is 264 g/mol. The zero-order chi connectivity index (χ0) is 12.9. The molecule has 0 atom stereocenters. The Hall–Kier alpha value is -1.48. The van der Waals surface area contributed by atoms with Crippen molar-refractivity contribution in [3.8, 4) is 0 Å². The Morgan fingerprint density at radius 3 is 2.94 bits per heavy atom. The summed E-state index contributed by atoms with van der Waals surface area (Å²) < 4.78 is 5.40. The fourth-order valence-electron chi connectivity index (χ4n) is 2.64. The van der Waals surface area contributed by atoms with Crippen molar-refractivity contribution in [3.05, 3.63) is 38.2 Å². The molecule has 3 rings (SSSR count). The molecule has 0 unspecified atom stereocenters. The van der Waals surface area contributed by atoms with Gasteiger partial charge in [-0.05, 0) is 43.9 Å². The summed E-state index contributed by atoms with van der Waals surface area (Å²) in [6.45, 7) is 4.90. The lowest BCUT2D eigenvalue weighted by atomic mass is 9.95. The van der Waals surface area contributed by atoms with Gasteiger partial charge in [0.2, 0.25) is 0 Å². The number of fused-ring (bicyclic) bond motifs is 3. The molecule has 0 spiro atoms. The Kier molecular flexibility index (Phi) is 2.59. The first-order valence-corrected chi connectivity index (χ1v) is 6.46. The normalized spacial score (nSPS) is 14.4. The van der Waals surface area contributed by atoms with Crippen LogP contribution in [0.25, 0.3) is 11.0 Å². The van der Waals surface area contributed by atoms with E-state index in [0.29, 0.717) is 5.58 Å². The second kappa shape index (κ2) is 4.02. The summed E-state index contributed by atoms with van der Waals surface area (Å²) in [6, 6.07) is 2.04. The number of rotatable bonds is 0. The van der Waals surface area contributed by atoms with Gasteiger partial charge in [-0.15, -0.1) is 0 Å². The molecule has 2 heterocycles. The number of hydrogen-bond donors (Lipinski definition) is 1. The van der Waals surface area contributed by atoms with E-state index < -0.39 is 5.63 Å². The molecule has 1 aliphatic heterocycles. The minimum Gasteiger partial charge on any atom is -0.421 e. The molecular weight excluding hydrogens is 250 g/mol. The summed E-state index contributed by atoms with van der Waals surface area (Å²) in [6.07, 6.45) is 1.99. The summed E-state index contributed by atoms with van der Waals surface area (Å²) in [4.78, 5) is 11.7. The molecule has 1 aromatic carbocycles. The number of hydrogen-bond acceptors (Lipinski definition) is 3. The van der Waals surface area contributed by atoms with Gasteiger partial charge in [-0.2, -0.15) is 0 Å². The predicted octanol–water partition coefficient (Wildman–Crippen LogP) is 3.42. The number of benzene rings is 1. The number of anilines is 1. The van der Waals surface area contributed by atoms with E-state index in [-0.39, 0.29) is 5.02 Å². The highest BCUT2D eigenvalue weighted by atomic mass is 35.5. The van der Waals surface area contributed by atoms with Crippen molar-refractivity contribution in [2.24, 2.45) is 0 Å². The maximum atomic E-state index is 11.7. The van der Waals surface area contributed by atoms with E-state index in [1.165, 1.54) is 5.56 Å². The first kappa shape index (κ1) is 11.6. The molecule has 0 saturated heterocycles. The van der Waals surface area contributed by atoms with Crippen LogP contribution in [0.3, 0.4) is 0 Å². The first-order chi connectivity index (χ1) is 8.59. The van der Waals surface area contributed by atoms with E-state index in [0.717, 1.165) is 41.6 Å². The monoisotopic (exact) mass is 263 g/mol. The van der Waals surface area contributed by atoms with Gasteiger partial charge in [0, 0.05) is 23.2 Å². The van der Waals surface area contributed by atoms with Crippen LogP contribution in [0.4, 0.5) is 5.69 Å². The van der Waals surface area contributed by atoms with Crippen LogP contribution in [0.15, 0.2) is 15.3 Å². The van der Waals surface area contributed by atoms with Crippen LogP contribution in [-0.2, 0) is 6.42 Å². The smallest absolute Gasteiger partial charge is 0.355 e. The van der Waals surface area contributed by atoms with Crippen molar-refractivity contribution >= 4 is 28.3 Å². The third kappa shape index (κ3) is 1.54. The van der Waals surface area contributed by atoms with Gasteiger partial charge in [0.15, 0.2) is 0 Å². The van der Waals surface area contributed by atoms with Gasteiger partial charge in [-0.25, -0.2) is 4.79 Å². The van der Waals surface area contributed by atoms with Crippen molar-refractivity contribution in [1.82, 2.24) is 0 Å². The van der Waals surface area contributed by atoms with E-state index in [1.54, 1.807) is 0 Å². The van der Waals surface area contributed by atoms with Gasteiger partial charge in [0.25, 0.3) is 0 Å². The average Bonchev–Trinajstić information content (AvgIpc) is 2.38. The van der Waals surface area contributed by atoms with Crippen LogP contribution in [0, 0.1) is 13.8 Å². The molecule has 4 heteroatoms. The number of aryl methyl sites for hydroxylation is 3. The standard InChI is InChI=1S/C14H14ClNO2/c1-7-6-10-8(2)11(15)14(17)18-13(10)9-4-3-5-16-12(7)9/h6,16H,3-5H2,1-2H3. The minimum absolute atomic E-state index is 0.186. The van der Waals surface area contributed by atoms with E-state index >= 15 is 0 Å². The Labute approximate surface area is 110 Å². The third-order valence-electron chi connectivity index (χ3n) is 3.59. The number of halogens is 1. The van der Waals surface area contributed by atoms with Gasteiger partial charge in [-0.3, -0.25) is 0 Å². The van der Waals surface area contributed by atoms with Gasteiger partial charge >= 0.3 is 5.63 Å². The summed E-state index contributed by atoms with van der Waals surface area (Å²) >= 11 is 5.97. The minimum atomic E-state index is -0.446. The van der Waals surface area contributed by atoms with E-state index in [9.17, 15) is 4.79 Å². The molecule has 0 radical (unpaired) electrons. The fraction of sp³-hybridized carbons (Fsp3) is 0.357. The lowest BCUT2D eigenvalue weighted by Gasteiger charge is -2.21. The Morgan fingerprint density at radius 2 is 2.17 bits per heavy atom. The molecule has 18 heavy (non-hydrogen) atoms. The van der Waals surface area contributed by atoms with Crippen LogP contribution in [-0.4, -0.2) is 6.54 Å². The summed E-state index contributed by atoms with van der Waals surface area (Å²) in [5, 5.41) is 4.51. The molecule has 1 N–H and O–H groups in total. The molecule has 2 aromatic rings. The van der Waals surface area contributed by atoms with Gasteiger partial charge in [0.05, 0.1) is 0 Å². The van der Waals surface area contributed by atoms with Crippen molar-refractivity contribution in [1.29, 1.82) is 0 Å². The van der Waals surface area contributed by atoms with Crippen molar-refractivity contribution in [2.45, 2.75) is 26.7 Å². The number of nitrogens with one attached hydrogen (secondary N) is 1. The molecule has 94 valence electrons. The fourth-order valence-corrected chi connectivity index (χ4v) is 2.78. The molecule has 0 saturated carbocycles. The van der Waals surface area contributed by atoms with Crippen molar-refractivity contribution in [3.63, 3.8) is 0 Å². The second-order valence-corrected chi connectivity index (χ2v) is 5.16. The highest BCUT2D eigenvalue weighted by molar-refractivity contribution is 6.31. The maximum absolute atomic E-state index is 11.7. The van der Waals surface area contributed by atoms with Crippen LogP contribution in [0.1, 0.15) is 23.1 Å². The topological polar surface area (TPSA) is 42.2 Å². The summed E-state index contributed by atoms with van der Waals surface area (Å²) in [5.74, 6) is 0. The van der Waals surface area contributed by atoms with Crippen LogP contribution >= 0.6 is 11.6 Å². The summed E-state index contributed by atoms with van der Waals surface area (Å²) in [5.41, 5.74) is 4.43. The molecule has 0 aliphatic carbocycles. The largest absolute Gasteiger partial charge is 0.421 e. The highest BCUT2D eigenvalue weighted by Crippen LogP contribution is 2.35. The second-order valence-electron chi connectivity index (χ2n) is 4.78. The van der Waals surface area contributed by atoms with Crippen LogP contribution in [0.2, 0.25) is 5.02 Å². The molecular formula is C14H14ClNO2. The molecule has 3 nitrogen and oxygen atoms in total. The van der Waals surface area contributed by atoms with Crippen molar-refractivity contribution in [2.75, 3.05) is 11.9 Å². The van der Waals surface area contributed by atoms with E-state index in [2.05, 4.69) is 12.2 Å². The van der Waals surface area contributed by atoms with Crippen LogP contribution < -0.4 is 10.9 Å². The predicted molar refractivity (Wildman–Crippen MR) is 73.8 cm³/mol. The Bertz CT molecular complexity index is 703.